The minimum absolute atomic E-state index is 0.0883. The van der Waals surface area contributed by atoms with Gasteiger partial charge in [-0.25, -0.2) is 4.68 Å². The average Bonchev–Trinajstić information content (AvgIpc) is 3.34. The fourth-order valence-electron chi connectivity index (χ4n) is 3.47. The van der Waals surface area contributed by atoms with Crippen LogP contribution in [0.25, 0.3) is 21.7 Å². The number of azide groups is 1. The van der Waals surface area contributed by atoms with Crippen molar-refractivity contribution in [3.05, 3.63) is 71.2 Å². The van der Waals surface area contributed by atoms with Crippen molar-refractivity contribution in [3.8, 4) is 17.0 Å². The summed E-state index contributed by atoms with van der Waals surface area (Å²) >= 11 is 0. The number of hydrogen-bond donors (Lipinski definition) is 3. The number of anilines is 2. The van der Waals surface area contributed by atoms with Crippen LogP contribution in [0, 0.1) is 0 Å². The molecule has 4 rings (SSSR count). The number of rotatable bonds is 7. The third-order valence-corrected chi connectivity index (χ3v) is 5.07. The highest BCUT2D eigenvalue weighted by Gasteiger charge is 2.44. The van der Waals surface area contributed by atoms with Gasteiger partial charge < -0.3 is 25.0 Å². The molecule has 4 atom stereocenters. The maximum absolute atomic E-state index is 10.5. The van der Waals surface area contributed by atoms with Gasteiger partial charge in [-0.15, -0.1) is 0 Å². The van der Waals surface area contributed by atoms with Crippen molar-refractivity contribution < 1.29 is 19.7 Å². The van der Waals surface area contributed by atoms with Crippen LogP contribution in [0.1, 0.15) is 6.23 Å². The van der Waals surface area contributed by atoms with Gasteiger partial charge in [0.15, 0.2) is 6.23 Å². The summed E-state index contributed by atoms with van der Waals surface area (Å²) in [6.07, 6.45) is -2.46. The lowest BCUT2D eigenvalue weighted by atomic mass is 10.1. The minimum atomic E-state index is -1.23. The van der Waals surface area contributed by atoms with Crippen LogP contribution in [-0.2, 0) is 4.74 Å². The minimum Gasteiger partial charge on any atom is -0.497 e. The molecule has 3 aromatic rings. The highest BCUT2D eigenvalue weighted by molar-refractivity contribution is 5.77. The van der Waals surface area contributed by atoms with Crippen molar-refractivity contribution in [1.82, 2.24) is 9.78 Å². The first-order valence-electron chi connectivity index (χ1n) is 9.69. The number of aliphatic hydroxyl groups excluding tert-OH is 2. The first kappa shape index (κ1) is 20.7. The number of aromatic nitrogens is 2. The Balaban J connectivity index is 1.67. The van der Waals surface area contributed by atoms with E-state index in [-0.39, 0.29) is 6.54 Å². The molecule has 10 nitrogen and oxygen atoms in total. The normalized spacial score (nSPS) is 22.7. The van der Waals surface area contributed by atoms with Crippen LogP contribution < -0.4 is 10.1 Å². The zero-order valence-electron chi connectivity index (χ0n) is 16.7. The van der Waals surface area contributed by atoms with Gasteiger partial charge in [0.05, 0.1) is 31.6 Å². The smallest absolute Gasteiger partial charge is 0.179 e. The molecule has 1 aromatic heterocycles. The zero-order chi connectivity index (χ0) is 21.8. The number of aliphatic hydroxyl groups is 2. The molecule has 3 N–H and O–H groups in total. The van der Waals surface area contributed by atoms with Crippen molar-refractivity contribution in [1.29, 1.82) is 0 Å². The molecule has 1 saturated heterocycles. The SMILES string of the molecule is COc1ccc(Nc2cn([C@@H]3O[C@H](CN=[N+]=[N-])[C@@H](O)[C@H]3O)nc2-c2ccccc2)cc1. The van der Waals surface area contributed by atoms with Gasteiger partial charge in [-0.05, 0) is 29.8 Å². The predicted octanol–water partition coefficient (Wildman–Crippen LogP) is 3.23. The average molecular weight is 422 g/mol. The second-order valence-corrected chi connectivity index (χ2v) is 7.05. The molecule has 2 heterocycles. The predicted molar refractivity (Wildman–Crippen MR) is 114 cm³/mol. The second kappa shape index (κ2) is 9.07. The first-order chi connectivity index (χ1) is 15.1. The van der Waals surface area contributed by atoms with Crippen molar-refractivity contribution >= 4 is 11.4 Å². The Bertz CT molecular complexity index is 1070. The van der Waals surface area contributed by atoms with Crippen molar-refractivity contribution in [3.63, 3.8) is 0 Å². The van der Waals surface area contributed by atoms with Crippen molar-refractivity contribution in [2.24, 2.45) is 5.11 Å². The van der Waals surface area contributed by atoms with Crippen molar-refractivity contribution in [2.45, 2.75) is 24.5 Å². The Morgan fingerprint density at radius 1 is 1.16 bits per heavy atom. The first-order valence-corrected chi connectivity index (χ1v) is 9.69. The molecule has 10 heteroatoms. The lowest BCUT2D eigenvalue weighted by molar-refractivity contribution is -0.0415. The monoisotopic (exact) mass is 422 g/mol. The number of methoxy groups -OCH3 is 1. The molecule has 0 aliphatic carbocycles. The van der Waals surface area contributed by atoms with Gasteiger partial charge in [0.2, 0.25) is 0 Å². The van der Waals surface area contributed by atoms with Crippen LogP contribution in [-0.4, -0.2) is 52.0 Å². The van der Waals surface area contributed by atoms with E-state index in [0.717, 1.165) is 17.0 Å². The highest BCUT2D eigenvalue weighted by Crippen LogP contribution is 2.35. The van der Waals surface area contributed by atoms with Gasteiger partial charge in [0.25, 0.3) is 0 Å². The Morgan fingerprint density at radius 3 is 2.58 bits per heavy atom. The van der Waals surface area contributed by atoms with E-state index in [1.807, 2.05) is 54.6 Å². The third kappa shape index (κ3) is 4.32. The molecule has 160 valence electrons. The highest BCUT2D eigenvalue weighted by atomic mass is 16.6. The molecule has 0 bridgehead atoms. The van der Waals surface area contributed by atoms with Gasteiger partial charge >= 0.3 is 0 Å². The number of nitrogens with zero attached hydrogens (tertiary/aromatic N) is 5. The molecule has 0 unspecified atom stereocenters. The van der Waals surface area contributed by atoms with E-state index in [1.165, 1.54) is 4.68 Å². The summed E-state index contributed by atoms with van der Waals surface area (Å²) in [6.45, 7) is -0.0883. The molecular formula is C21H22N6O4. The molecule has 0 saturated carbocycles. The maximum Gasteiger partial charge on any atom is 0.179 e. The summed E-state index contributed by atoms with van der Waals surface area (Å²) < 4.78 is 12.4. The molecule has 31 heavy (non-hydrogen) atoms. The molecule has 0 radical (unpaired) electrons. The van der Waals surface area contributed by atoms with Gasteiger partial charge in [-0.3, -0.25) is 0 Å². The van der Waals surface area contributed by atoms with Crippen LogP contribution in [0.2, 0.25) is 0 Å². The van der Waals surface area contributed by atoms with Crippen LogP contribution in [0.3, 0.4) is 0 Å². The molecule has 1 aliphatic rings. The Morgan fingerprint density at radius 2 is 1.90 bits per heavy atom. The van der Waals surface area contributed by atoms with Crippen molar-refractivity contribution in [2.75, 3.05) is 19.0 Å². The summed E-state index contributed by atoms with van der Waals surface area (Å²) in [5.74, 6) is 0.743. The summed E-state index contributed by atoms with van der Waals surface area (Å²) in [7, 11) is 1.61. The van der Waals surface area contributed by atoms with Gasteiger partial charge in [0, 0.05) is 16.2 Å². The standard InChI is InChI=1S/C21H22N6O4/c1-30-15-9-7-14(8-10-15)24-16-12-27(25-18(16)13-5-3-2-4-6-13)21-20(29)19(28)17(31-21)11-23-26-22/h2-10,12,17,19-21,24,28-29H,11H2,1H3/t17-,19-,20-,21-/m1/s1. The topological polar surface area (TPSA) is 138 Å². The summed E-state index contributed by atoms with van der Waals surface area (Å²) in [6, 6.07) is 17.0. The molecule has 2 aromatic carbocycles. The molecule has 1 fully saturated rings. The number of benzene rings is 2. The fraction of sp³-hybridized carbons (Fsp3) is 0.286. The lowest BCUT2D eigenvalue weighted by Gasteiger charge is -2.14. The van der Waals surface area contributed by atoms with Crippen LogP contribution in [0.15, 0.2) is 65.9 Å². The second-order valence-electron chi connectivity index (χ2n) is 7.05. The Hall–Kier alpha value is -3.56. The molecule has 0 spiro atoms. The third-order valence-electron chi connectivity index (χ3n) is 5.07. The van der Waals surface area contributed by atoms with E-state index in [4.69, 9.17) is 15.0 Å². The van der Waals surface area contributed by atoms with Crippen LogP contribution in [0.5, 0.6) is 5.75 Å². The van der Waals surface area contributed by atoms with E-state index >= 15 is 0 Å². The lowest BCUT2D eigenvalue weighted by Crippen LogP contribution is -2.32. The fourth-order valence-corrected chi connectivity index (χ4v) is 3.47. The van der Waals surface area contributed by atoms with Gasteiger partial charge in [0.1, 0.15) is 23.7 Å². The van der Waals surface area contributed by atoms with E-state index in [0.29, 0.717) is 11.4 Å². The summed E-state index contributed by atoms with van der Waals surface area (Å²) in [4.78, 5) is 2.68. The maximum atomic E-state index is 10.5. The molecular weight excluding hydrogens is 400 g/mol. The summed E-state index contributed by atoms with van der Waals surface area (Å²) in [5.41, 5.74) is 11.6. The molecule has 0 amide bonds. The van der Waals surface area contributed by atoms with E-state index in [9.17, 15) is 10.2 Å². The van der Waals surface area contributed by atoms with Gasteiger partial charge in [-0.1, -0.05) is 35.4 Å². The number of ether oxygens (including phenoxy) is 2. The Labute approximate surface area is 178 Å². The quantitative estimate of drug-likeness (QED) is 0.304. The van der Waals surface area contributed by atoms with Crippen LogP contribution >= 0.6 is 0 Å². The Kier molecular flexibility index (Phi) is 6.06. The van der Waals surface area contributed by atoms with E-state index in [1.54, 1.807) is 13.3 Å². The largest absolute Gasteiger partial charge is 0.497 e. The van der Waals surface area contributed by atoms with Gasteiger partial charge in [-0.2, -0.15) is 5.10 Å². The molecule has 1 aliphatic heterocycles. The van der Waals surface area contributed by atoms with E-state index in [2.05, 4.69) is 20.4 Å². The number of nitrogens with one attached hydrogen (secondary N) is 1. The zero-order valence-corrected chi connectivity index (χ0v) is 16.7. The number of hydrogen-bond acceptors (Lipinski definition) is 7. The summed E-state index contributed by atoms with van der Waals surface area (Å²) in [5, 5.41) is 32.2. The van der Waals surface area contributed by atoms with E-state index < -0.39 is 24.5 Å². The van der Waals surface area contributed by atoms with Crippen LogP contribution in [0.4, 0.5) is 11.4 Å².